The van der Waals surface area contributed by atoms with Crippen LogP contribution >= 0.6 is 0 Å². The van der Waals surface area contributed by atoms with Crippen LogP contribution in [0.15, 0.2) is 0 Å². The highest BCUT2D eigenvalue weighted by atomic mass is 16.6. The summed E-state index contributed by atoms with van der Waals surface area (Å²) in [5, 5.41) is 3.09. The number of rotatable bonds is 5. The SMILES string of the molecule is CC(C)(C)OC(=O)N1CCC(C(=O)NCCCN2CCCCCC2)CC1. The van der Waals surface area contributed by atoms with Crippen LogP contribution in [0.1, 0.15) is 65.7 Å². The number of amides is 2. The first kappa shape index (κ1) is 21.0. The maximum Gasteiger partial charge on any atom is 0.410 e. The third kappa shape index (κ3) is 7.52. The Bertz CT molecular complexity index is 446. The highest BCUT2D eigenvalue weighted by Crippen LogP contribution is 2.20. The third-order valence-corrected chi connectivity index (χ3v) is 5.17. The molecule has 2 aliphatic rings. The average molecular weight is 368 g/mol. The lowest BCUT2D eigenvalue weighted by Gasteiger charge is -2.33. The number of piperidine rings is 1. The van der Waals surface area contributed by atoms with Crippen molar-refractivity contribution in [3.8, 4) is 0 Å². The smallest absolute Gasteiger partial charge is 0.410 e. The van der Waals surface area contributed by atoms with Gasteiger partial charge in [0.2, 0.25) is 5.91 Å². The van der Waals surface area contributed by atoms with Crippen LogP contribution in [-0.4, -0.2) is 66.7 Å². The summed E-state index contributed by atoms with van der Waals surface area (Å²) in [7, 11) is 0. The van der Waals surface area contributed by atoms with Crippen LogP contribution in [0.4, 0.5) is 4.79 Å². The Morgan fingerprint density at radius 1 is 1.00 bits per heavy atom. The fourth-order valence-electron chi connectivity index (χ4n) is 3.67. The summed E-state index contributed by atoms with van der Waals surface area (Å²) < 4.78 is 5.40. The van der Waals surface area contributed by atoms with Gasteiger partial charge < -0.3 is 19.9 Å². The molecule has 2 fully saturated rings. The highest BCUT2D eigenvalue weighted by molar-refractivity contribution is 5.79. The van der Waals surface area contributed by atoms with Crippen molar-refractivity contribution in [2.24, 2.45) is 5.92 Å². The summed E-state index contributed by atoms with van der Waals surface area (Å²) in [5.41, 5.74) is -0.474. The molecule has 0 aliphatic carbocycles. The van der Waals surface area contributed by atoms with E-state index < -0.39 is 5.60 Å². The Balaban J connectivity index is 1.60. The zero-order valence-corrected chi connectivity index (χ0v) is 16.9. The molecule has 6 heteroatoms. The molecule has 2 saturated heterocycles. The van der Waals surface area contributed by atoms with Crippen molar-refractivity contribution < 1.29 is 14.3 Å². The minimum Gasteiger partial charge on any atom is -0.444 e. The van der Waals surface area contributed by atoms with E-state index in [4.69, 9.17) is 4.74 Å². The second-order valence-electron chi connectivity index (χ2n) is 8.64. The van der Waals surface area contributed by atoms with Crippen molar-refractivity contribution in [1.29, 1.82) is 0 Å². The number of nitrogens with one attached hydrogen (secondary N) is 1. The molecule has 2 rings (SSSR count). The second kappa shape index (κ2) is 10.1. The van der Waals surface area contributed by atoms with Crippen molar-refractivity contribution in [3.63, 3.8) is 0 Å². The molecule has 0 aromatic rings. The summed E-state index contributed by atoms with van der Waals surface area (Å²) >= 11 is 0. The Morgan fingerprint density at radius 2 is 1.62 bits per heavy atom. The predicted molar refractivity (Wildman–Crippen MR) is 103 cm³/mol. The zero-order valence-electron chi connectivity index (χ0n) is 16.9. The molecular formula is C20H37N3O3. The normalized spacial score (nSPS) is 20.5. The minimum absolute atomic E-state index is 0.0203. The topological polar surface area (TPSA) is 61.9 Å². The van der Waals surface area contributed by atoms with Crippen molar-refractivity contribution in [2.45, 2.75) is 71.3 Å². The number of hydrogen-bond acceptors (Lipinski definition) is 4. The van der Waals surface area contributed by atoms with Crippen molar-refractivity contribution in [1.82, 2.24) is 15.1 Å². The van der Waals surface area contributed by atoms with E-state index in [0.717, 1.165) is 32.4 Å². The van der Waals surface area contributed by atoms with E-state index in [9.17, 15) is 9.59 Å². The van der Waals surface area contributed by atoms with Gasteiger partial charge in [-0.1, -0.05) is 12.8 Å². The van der Waals surface area contributed by atoms with Gasteiger partial charge in [0.1, 0.15) is 5.60 Å². The van der Waals surface area contributed by atoms with Gasteiger partial charge in [0.15, 0.2) is 0 Å². The van der Waals surface area contributed by atoms with Crippen LogP contribution in [0.2, 0.25) is 0 Å². The van der Waals surface area contributed by atoms with Crippen LogP contribution in [0.25, 0.3) is 0 Å². The first-order valence-corrected chi connectivity index (χ1v) is 10.3. The van der Waals surface area contributed by atoms with Gasteiger partial charge in [-0.05, 0) is 72.5 Å². The first-order valence-electron chi connectivity index (χ1n) is 10.3. The lowest BCUT2D eigenvalue weighted by Crippen LogP contribution is -2.45. The minimum atomic E-state index is -0.474. The number of hydrogen-bond donors (Lipinski definition) is 1. The molecule has 0 unspecified atom stereocenters. The molecule has 2 amide bonds. The molecule has 0 bridgehead atoms. The summed E-state index contributed by atoms with van der Waals surface area (Å²) in [4.78, 5) is 28.7. The van der Waals surface area contributed by atoms with E-state index >= 15 is 0 Å². The number of likely N-dealkylation sites (tertiary alicyclic amines) is 2. The van der Waals surface area contributed by atoms with Gasteiger partial charge in [-0.25, -0.2) is 4.79 Å². The molecule has 0 spiro atoms. The number of ether oxygens (including phenoxy) is 1. The quantitative estimate of drug-likeness (QED) is 0.759. The van der Waals surface area contributed by atoms with Gasteiger partial charge in [-0.15, -0.1) is 0 Å². The molecular weight excluding hydrogens is 330 g/mol. The molecule has 2 aliphatic heterocycles. The molecule has 2 heterocycles. The number of carbonyl (C=O) groups is 2. The van der Waals surface area contributed by atoms with Crippen LogP contribution < -0.4 is 5.32 Å². The standard InChI is InChI=1S/C20H37N3O3/c1-20(2,3)26-19(25)23-15-9-17(10-16-23)18(24)21-11-8-14-22-12-6-4-5-7-13-22/h17H,4-16H2,1-3H3,(H,21,24). The zero-order chi connectivity index (χ0) is 19.0. The van der Waals surface area contributed by atoms with E-state index in [1.54, 1.807) is 4.90 Å². The summed E-state index contributed by atoms with van der Waals surface area (Å²) in [6, 6.07) is 0. The monoisotopic (exact) mass is 367 g/mol. The number of nitrogens with zero attached hydrogens (tertiary/aromatic N) is 2. The van der Waals surface area contributed by atoms with Gasteiger partial charge in [0.25, 0.3) is 0 Å². The van der Waals surface area contributed by atoms with E-state index in [0.29, 0.717) is 13.1 Å². The molecule has 150 valence electrons. The predicted octanol–water partition coefficient (Wildman–Crippen LogP) is 3.02. The summed E-state index contributed by atoms with van der Waals surface area (Å²) in [6.45, 7) is 11.1. The van der Waals surface area contributed by atoms with Crippen LogP contribution in [0.3, 0.4) is 0 Å². The van der Waals surface area contributed by atoms with Crippen LogP contribution in [0.5, 0.6) is 0 Å². The molecule has 6 nitrogen and oxygen atoms in total. The van der Waals surface area contributed by atoms with Crippen molar-refractivity contribution in [2.75, 3.05) is 39.3 Å². The van der Waals surface area contributed by atoms with Crippen molar-refractivity contribution in [3.05, 3.63) is 0 Å². The Kier molecular flexibility index (Phi) is 8.19. The maximum atomic E-state index is 12.4. The maximum absolute atomic E-state index is 12.4. The van der Waals surface area contributed by atoms with E-state index in [2.05, 4.69) is 10.2 Å². The molecule has 0 radical (unpaired) electrons. The van der Waals surface area contributed by atoms with E-state index in [1.165, 1.54) is 38.8 Å². The largest absolute Gasteiger partial charge is 0.444 e. The lowest BCUT2D eigenvalue weighted by atomic mass is 9.96. The summed E-state index contributed by atoms with van der Waals surface area (Å²) in [5.74, 6) is 0.163. The fraction of sp³-hybridized carbons (Fsp3) is 0.900. The van der Waals surface area contributed by atoms with E-state index in [1.807, 2.05) is 20.8 Å². The second-order valence-corrected chi connectivity index (χ2v) is 8.64. The van der Waals surface area contributed by atoms with Crippen LogP contribution in [0, 0.1) is 5.92 Å². The highest BCUT2D eigenvalue weighted by Gasteiger charge is 2.29. The Hall–Kier alpha value is -1.30. The molecule has 0 aromatic heterocycles. The number of carbonyl (C=O) groups excluding carboxylic acids is 2. The fourth-order valence-corrected chi connectivity index (χ4v) is 3.67. The van der Waals surface area contributed by atoms with Crippen molar-refractivity contribution >= 4 is 12.0 Å². The molecule has 0 saturated carbocycles. The molecule has 1 N–H and O–H groups in total. The van der Waals surface area contributed by atoms with Gasteiger partial charge in [0.05, 0.1) is 0 Å². The molecule has 0 aromatic carbocycles. The van der Waals surface area contributed by atoms with Gasteiger partial charge >= 0.3 is 6.09 Å². The lowest BCUT2D eigenvalue weighted by molar-refractivity contribution is -0.126. The van der Waals surface area contributed by atoms with Gasteiger partial charge in [-0.2, -0.15) is 0 Å². The first-order chi connectivity index (χ1) is 12.3. The Labute approximate surface area is 158 Å². The Morgan fingerprint density at radius 3 is 2.19 bits per heavy atom. The van der Waals surface area contributed by atoms with Crippen LogP contribution in [-0.2, 0) is 9.53 Å². The summed E-state index contributed by atoms with van der Waals surface area (Å²) in [6.07, 6.45) is 7.51. The van der Waals surface area contributed by atoms with Gasteiger partial charge in [0, 0.05) is 25.6 Å². The molecule has 0 atom stereocenters. The van der Waals surface area contributed by atoms with E-state index in [-0.39, 0.29) is 17.9 Å². The molecule has 26 heavy (non-hydrogen) atoms. The van der Waals surface area contributed by atoms with Gasteiger partial charge in [-0.3, -0.25) is 4.79 Å². The third-order valence-electron chi connectivity index (χ3n) is 5.17. The average Bonchev–Trinajstić information content (AvgIpc) is 2.86.